The fourth-order valence-corrected chi connectivity index (χ4v) is 3.59. The number of hydrogen-bond donors (Lipinski definition) is 0. The molecule has 0 aliphatic rings. The largest absolute Gasteiger partial charge is 0.494 e. The minimum absolute atomic E-state index is 0.103. The average molecular weight is 397 g/mol. The van der Waals surface area contributed by atoms with Gasteiger partial charge in [0.1, 0.15) is 5.75 Å². The van der Waals surface area contributed by atoms with Crippen LogP contribution in [-0.2, 0) is 4.74 Å². The van der Waals surface area contributed by atoms with Crippen molar-refractivity contribution in [1.29, 1.82) is 0 Å². The lowest BCUT2D eigenvalue weighted by atomic mass is 9.96. The minimum atomic E-state index is 0.103. The van der Waals surface area contributed by atoms with E-state index in [1.165, 1.54) is 55.2 Å². The van der Waals surface area contributed by atoms with Gasteiger partial charge in [-0.05, 0) is 48.6 Å². The Morgan fingerprint density at radius 2 is 1.34 bits per heavy atom. The number of hydrogen-bond acceptors (Lipinski definition) is 2. The second kappa shape index (κ2) is 14.2. The molecule has 0 N–H and O–H groups in total. The van der Waals surface area contributed by atoms with E-state index in [9.17, 15) is 0 Å². The molecule has 2 nitrogen and oxygen atoms in total. The first-order valence-corrected chi connectivity index (χ1v) is 11.7. The Bertz CT molecular complexity index is 662. The lowest BCUT2D eigenvalue weighted by Crippen LogP contribution is -2.03. The van der Waals surface area contributed by atoms with Gasteiger partial charge in [-0.1, -0.05) is 95.2 Å². The number of ether oxygens (including phenoxy) is 2. The van der Waals surface area contributed by atoms with Crippen LogP contribution in [-0.4, -0.2) is 13.2 Å². The van der Waals surface area contributed by atoms with E-state index >= 15 is 0 Å². The van der Waals surface area contributed by atoms with Gasteiger partial charge in [-0.25, -0.2) is 0 Å². The molecule has 0 heterocycles. The summed E-state index contributed by atoms with van der Waals surface area (Å²) >= 11 is 0. The van der Waals surface area contributed by atoms with Crippen molar-refractivity contribution in [1.82, 2.24) is 0 Å². The van der Waals surface area contributed by atoms with E-state index in [0.717, 1.165) is 38.2 Å². The van der Waals surface area contributed by atoms with Crippen molar-refractivity contribution >= 4 is 0 Å². The van der Waals surface area contributed by atoms with Crippen LogP contribution in [0.1, 0.15) is 90.2 Å². The summed E-state index contributed by atoms with van der Waals surface area (Å²) in [4.78, 5) is 0. The predicted octanol–water partition coefficient (Wildman–Crippen LogP) is 8.36. The van der Waals surface area contributed by atoms with Crippen LogP contribution in [0.15, 0.2) is 48.5 Å². The van der Waals surface area contributed by atoms with E-state index in [1.807, 2.05) is 0 Å². The first-order chi connectivity index (χ1) is 14.3. The third-order valence-corrected chi connectivity index (χ3v) is 5.45. The number of unbranched alkanes of at least 4 members (excludes halogenated alkanes) is 7. The molecule has 1 atom stereocenters. The van der Waals surface area contributed by atoms with Crippen molar-refractivity contribution in [3.63, 3.8) is 0 Å². The smallest absolute Gasteiger partial charge is 0.119 e. The summed E-state index contributed by atoms with van der Waals surface area (Å²) in [5, 5.41) is 0. The first-order valence-electron chi connectivity index (χ1n) is 11.7. The molecule has 0 aliphatic carbocycles. The molecule has 0 saturated carbocycles. The molecule has 160 valence electrons. The van der Waals surface area contributed by atoms with Crippen LogP contribution in [0.5, 0.6) is 5.75 Å². The molecule has 0 bridgehead atoms. The van der Waals surface area contributed by atoms with Crippen LogP contribution in [0.4, 0.5) is 0 Å². The van der Waals surface area contributed by atoms with E-state index in [2.05, 4.69) is 69.3 Å². The van der Waals surface area contributed by atoms with Gasteiger partial charge in [-0.2, -0.15) is 0 Å². The number of benzene rings is 2. The van der Waals surface area contributed by atoms with Gasteiger partial charge in [0, 0.05) is 6.61 Å². The summed E-state index contributed by atoms with van der Waals surface area (Å²) < 4.78 is 12.0. The zero-order valence-electron chi connectivity index (χ0n) is 18.8. The van der Waals surface area contributed by atoms with Gasteiger partial charge in [-0.3, -0.25) is 0 Å². The Morgan fingerprint density at radius 1 is 0.690 bits per heavy atom. The summed E-state index contributed by atoms with van der Waals surface area (Å²) in [5.41, 5.74) is 3.71. The van der Waals surface area contributed by atoms with Gasteiger partial charge >= 0.3 is 0 Å². The highest BCUT2D eigenvalue weighted by atomic mass is 16.5. The first kappa shape index (κ1) is 23.5. The molecule has 2 rings (SSSR count). The molecule has 0 spiro atoms. The maximum absolute atomic E-state index is 6.04. The van der Waals surface area contributed by atoms with Crippen molar-refractivity contribution in [2.45, 2.75) is 84.7 Å². The summed E-state index contributed by atoms with van der Waals surface area (Å²) in [7, 11) is 0. The fourth-order valence-electron chi connectivity index (χ4n) is 3.59. The van der Waals surface area contributed by atoms with E-state index < -0.39 is 0 Å². The zero-order valence-corrected chi connectivity index (χ0v) is 18.8. The van der Waals surface area contributed by atoms with Gasteiger partial charge in [0.05, 0.1) is 12.7 Å². The highest BCUT2D eigenvalue weighted by Gasteiger charge is 2.12. The molecule has 2 aromatic rings. The lowest BCUT2D eigenvalue weighted by molar-refractivity contribution is 0.0640. The normalized spacial score (nSPS) is 12.1. The highest BCUT2D eigenvalue weighted by Crippen LogP contribution is 2.31. The van der Waals surface area contributed by atoms with Crippen molar-refractivity contribution in [3.05, 3.63) is 54.1 Å². The van der Waals surface area contributed by atoms with Gasteiger partial charge in [0.2, 0.25) is 0 Å². The molecule has 0 fully saturated rings. The molecule has 0 radical (unpaired) electrons. The van der Waals surface area contributed by atoms with Gasteiger partial charge in [-0.15, -0.1) is 0 Å². The zero-order chi connectivity index (χ0) is 20.7. The quantitative estimate of drug-likeness (QED) is 0.281. The Kier molecular flexibility index (Phi) is 11.5. The predicted molar refractivity (Wildman–Crippen MR) is 125 cm³/mol. The highest BCUT2D eigenvalue weighted by molar-refractivity contribution is 5.68. The Labute approximate surface area is 178 Å². The third-order valence-electron chi connectivity index (χ3n) is 5.45. The third kappa shape index (κ3) is 8.62. The Hall–Kier alpha value is -1.80. The Morgan fingerprint density at radius 3 is 2.07 bits per heavy atom. The molecule has 2 heteroatoms. The monoisotopic (exact) mass is 396 g/mol. The summed E-state index contributed by atoms with van der Waals surface area (Å²) in [6, 6.07) is 17.1. The van der Waals surface area contributed by atoms with Crippen LogP contribution in [0.25, 0.3) is 11.1 Å². The van der Waals surface area contributed by atoms with E-state index in [4.69, 9.17) is 9.47 Å². The molecule has 0 aliphatic heterocycles. The maximum Gasteiger partial charge on any atom is 0.119 e. The minimum Gasteiger partial charge on any atom is -0.494 e. The molecule has 2 aromatic carbocycles. The number of rotatable bonds is 15. The van der Waals surface area contributed by atoms with Crippen LogP contribution < -0.4 is 4.74 Å². The summed E-state index contributed by atoms with van der Waals surface area (Å²) in [6.45, 7) is 8.23. The van der Waals surface area contributed by atoms with E-state index in [-0.39, 0.29) is 6.10 Å². The van der Waals surface area contributed by atoms with Crippen molar-refractivity contribution in [2.75, 3.05) is 13.2 Å². The molecule has 0 aromatic heterocycles. The molecular weight excluding hydrogens is 356 g/mol. The van der Waals surface area contributed by atoms with Gasteiger partial charge in [0.15, 0.2) is 0 Å². The second-order valence-corrected chi connectivity index (χ2v) is 7.95. The fraction of sp³-hybridized carbons (Fsp3) is 0.556. The summed E-state index contributed by atoms with van der Waals surface area (Å²) in [5.74, 6) is 0.962. The maximum atomic E-state index is 6.04. The van der Waals surface area contributed by atoms with Gasteiger partial charge < -0.3 is 9.47 Å². The standard InChI is InChI=1S/C27H40O2/c1-4-6-8-9-10-11-14-22-29-25-19-17-24(18-20-25)27-16-13-12-15-26(27)23(3)28-21-7-5-2/h12-13,15-20,23H,4-11,14,21-22H2,1-3H3. The van der Waals surface area contributed by atoms with Crippen LogP contribution in [0.2, 0.25) is 0 Å². The summed E-state index contributed by atoms with van der Waals surface area (Å²) in [6.07, 6.45) is 11.5. The molecule has 0 amide bonds. The molecule has 0 saturated heterocycles. The molecule has 1 unspecified atom stereocenters. The van der Waals surface area contributed by atoms with Gasteiger partial charge in [0.25, 0.3) is 0 Å². The topological polar surface area (TPSA) is 18.5 Å². The van der Waals surface area contributed by atoms with Crippen LogP contribution in [0, 0.1) is 0 Å². The molecular formula is C27H40O2. The lowest BCUT2D eigenvalue weighted by Gasteiger charge is -2.18. The van der Waals surface area contributed by atoms with E-state index in [0.29, 0.717) is 0 Å². The molecule has 29 heavy (non-hydrogen) atoms. The van der Waals surface area contributed by atoms with Crippen molar-refractivity contribution in [3.8, 4) is 16.9 Å². The Balaban J connectivity index is 1.84. The van der Waals surface area contributed by atoms with Crippen LogP contribution in [0.3, 0.4) is 0 Å². The van der Waals surface area contributed by atoms with Crippen molar-refractivity contribution < 1.29 is 9.47 Å². The van der Waals surface area contributed by atoms with Crippen molar-refractivity contribution in [2.24, 2.45) is 0 Å². The average Bonchev–Trinajstić information content (AvgIpc) is 2.76. The SMILES string of the molecule is CCCCCCCCCOc1ccc(-c2ccccc2C(C)OCCCC)cc1. The van der Waals surface area contributed by atoms with E-state index in [1.54, 1.807) is 0 Å². The second-order valence-electron chi connectivity index (χ2n) is 7.95. The van der Waals surface area contributed by atoms with Crippen LogP contribution >= 0.6 is 0 Å².